The predicted molar refractivity (Wildman–Crippen MR) is 76.6 cm³/mol. The number of carbonyl (C=O) groups is 1. The van der Waals surface area contributed by atoms with Gasteiger partial charge >= 0.3 is 0 Å². The number of ether oxygens (including phenoxy) is 2. The molecule has 0 unspecified atom stereocenters. The van der Waals surface area contributed by atoms with Crippen LogP contribution < -0.4 is 15.4 Å². The molecule has 0 heterocycles. The van der Waals surface area contributed by atoms with E-state index in [-0.39, 0.29) is 18.3 Å². The van der Waals surface area contributed by atoms with Gasteiger partial charge in [0.2, 0.25) is 0 Å². The van der Waals surface area contributed by atoms with Gasteiger partial charge in [0.25, 0.3) is 5.91 Å². The van der Waals surface area contributed by atoms with E-state index in [0.717, 1.165) is 18.4 Å². The van der Waals surface area contributed by atoms with Gasteiger partial charge in [-0.2, -0.15) is 0 Å². The van der Waals surface area contributed by atoms with E-state index in [1.807, 2.05) is 0 Å². The summed E-state index contributed by atoms with van der Waals surface area (Å²) < 4.78 is 23.6. The molecule has 5 nitrogen and oxygen atoms in total. The Morgan fingerprint density at radius 1 is 1.43 bits per heavy atom. The van der Waals surface area contributed by atoms with Crippen LogP contribution in [-0.4, -0.2) is 38.8 Å². The zero-order chi connectivity index (χ0) is 15.1. The van der Waals surface area contributed by atoms with Gasteiger partial charge in [-0.1, -0.05) is 0 Å². The number of methoxy groups -OCH3 is 1. The Labute approximate surface area is 123 Å². The summed E-state index contributed by atoms with van der Waals surface area (Å²) in [6.07, 6.45) is 2.32. The normalized spacial score (nSPS) is 14.0. The summed E-state index contributed by atoms with van der Waals surface area (Å²) in [5.74, 6) is 0.00316. The maximum absolute atomic E-state index is 13.3. The van der Waals surface area contributed by atoms with Crippen LogP contribution in [0.1, 0.15) is 18.4 Å². The Bertz CT molecular complexity index is 478. The number of rotatable bonds is 9. The minimum Gasteiger partial charge on any atom is -0.483 e. The molecule has 0 radical (unpaired) electrons. The van der Waals surface area contributed by atoms with Crippen LogP contribution in [0.3, 0.4) is 0 Å². The summed E-state index contributed by atoms with van der Waals surface area (Å²) in [5.41, 5.74) is 0.728. The van der Waals surface area contributed by atoms with E-state index in [9.17, 15) is 9.18 Å². The highest BCUT2D eigenvalue weighted by molar-refractivity contribution is 5.77. The molecule has 2 N–H and O–H groups in total. The molecule has 1 saturated carbocycles. The maximum Gasteiger partial charge on any atom is 0.258 e. The Morgan fingerprint density at radius 2 is 2.24 bits per heavy atom. The van der Waals surface area contributed by atoms with Crippen LogP contribution in [0.4, 0.5) is 4.39 Å². The molecule has 0 bridgehead atoms. The van der Waals surface area contributed by atoms with Crippen molar-refractivity contribution in [2.45, 2.75) is 25.4 Å². The maximum atomic E-state index is 13.3. The first kappa shape index (κ1) is 15.7. The molecule has 0 aliphatic heterocycles. The summed E-state index contributed by atoms with van der Waals surface area (Å²) in [4.78, 5) is 11.6. The fraction of sp³-hybridized carbons (Fsp3) is 0.533. The van der Waals surface area contributed by atoms with Crippen LogP contribution in [0.25, 0.3) is 0 Å². The molecule has 1 aromatic carbocycles. The monoisotopic (exact) mass is 296 g/mol. The molecule has 6 heteroatoms. The van der Waals surface area contributed by atoms with Gasteiger partial charge in [0, 0.05) is 31.8 Å². The quantitative estimate of drug-likeness (QED) is 0.673. The molecule has 2 rings (SSSR count). The van der Waals surface area contributed by atoms with Crippen molar-refractivity contribution in [2.24, 2.45) is 0 Å². The molecule has 0 atom stereocenters. The Morgan fingerprint density at radius 3 is 2.95 bits per heavy atom. The van der Waals surface area contributed by atoms with Gasteiger partial charge in [-0.05, 0) is 31.0 Å². The van der Waals surface area contributed by atoms with Crippen LogP contribution >= 0.6 is 0 Å². The second kappa shape index (κ2) is 7.95. The van der Waals surface area contributed by atoms with Crippen LogP contribution in [0.2, 0.25) is 0 Å². The number of hydrogen-bond donors (Lipinski definition) is 2. The number of benzene rings is 1. The summed E-state index contributed by atoms with van der Waals surface area (Å²) in [6, 6.07) is 4.85. The van der Waals surface area contributed by atoms with Gasteiger partial charge in [-0.15, -0.1) is 0 Å². The topological polar surface area (TPSA) is 59.6 Å². The van der Waals surface area contributed by atoms with Gasteiger partial charge in [0.15, 0.2) is 6.61 Å². The Balaban J connectivity index is 1.84. The lowest BCUT2D eigenvalue weighted by molar-refractivity contribution is -0.123. The third-order valence-corrected chi connectivity index (χ3v) is 3.17. The molecule has 1 aliphatic rings. The molecular weight excluding hydrogens is 275 g/mol. The van der Waals surface area contributed by atoms with Gasteiger partial charge in [0.1, 0.15) is 11.6 Å². The van der Waals surface area contributed by atoms with E-state index >= 15 is 0 Å². The summed E-state index contributed by atoms with van der Waals surface area (Å²) in [5, 5.41) is 5.97. The smallest absolute Gasteiger partial charge is 0.258 e. The van der Waals surface area contributed by atoms with Crippen molar-refractivity contribution in [1.29, 1.82) is 0 Å². The average molecular weight is 296 g/mol. The standard InChI is InChI=1S/C15H21FN2O3/c1-20-7-6-17-15(19)10-21-14-5-2-12(16)8-11(14)9-18-13-3-4-13/h2,5,8,13,18H,3-4,6-7,9-10H2,1H3,(H,17,19). The van der Waals surface area contributed by atoms with Crippen molar-refractivity contribution in [1.82, 2.24) is 10.6 Å². The number of hydrogen-bond acceptors (Lipinski definition) is 4. The molecule has 1 aliphatic carbocycles. The zero-order valence-electron chi connectivity index (χ0n) is 12.2. The minimum atomic E-state index is -0.306. The number of halogens is 1. The van der Waals surface area contributed by atoms with E-state index in [1.165, 1.54) is 12.1 Å². The van der Waals surface area contributed by atoms with E-state index in [0.29, 0.717) is 31.5 Å². The van der Waals surface area contributed by atoms with Gasteiger partial charge in [-0.25, -0.2) is 4.39 Å². The third kappa shape index (κ3) is 5.69. The fourth-order valence-corrected chi connectivity index (χ4v) is 1.86. The highest BCUT2D eigenvalue weighted by atomic mass is 19.1. The van der Waals surface area contributed by atoms with Gasteiger partial charge in [0.05, 0.1) is 6.61 Å². The predicted octanol–water partition coefficient (Wildman–Crippen LogP) is 1.22. The van der Waals surface area contributed by atoms with Crippen molar-refractivity contribution < 1.29 is 18.7 Å². The first-order valence-corrected chi connectivity index (χ1v) is 7.09. The molecule has 1 aromatic rings. The van der Waals surface area contributed by atoms with Crippen molar-refractivity contribution in [3.05, 3.63) is 29.6 Å². The van der Waals surface area contributed by atoms with Crippen LogP contribution in [0.15, 0.2) is 18.2 Å². The number of amides is 1. The van der Waals surface area contributed by atoms with E-state index in [4.69, 9.17) is 9.47 Å². The zero-order valence-corrected chi connectivity index (χ0v) is 12.2. The van der Waals surface area contributed by atoms with Crippen molar-refractivity contribution >= 4 is 5.91 Å². The largest absolute Gasteiger partial charge is 0.483 e. The first-order valence-electron chi connectivity index (χ1n) is 7.09. The molecule has 1 fully saturated rings. The van der Waals surface area contributed by atoms with Crippen molar-refractivity contribution in [3.63, 3.8) is 0 Å². The third-order valence-electron chi connectivity index (χ3n) is 3.17. The minimum absolute atomic E-state index is 0.0915. The Kier molecular flexibility index (Phi) is 5.95. The molecule has 0 saturated heterocycles. The molecule has 1 amide bonds. The first-order chi connectivity index (χ1) is 10.2. The van der Waals surface area contributed by atoms with E-state index < -0.39 is 0 Å². The molecule has 116 valence electrons. The average Bonchev–Trinajstić information content (AvgIpc) is 3.28. The van der Waals surface area contributed by atoms with Gasteiger partial charge < -0.3 is 20.1 Å². The van der Waals surface area contributed by atoms with E-state index in [1.54, 1.807) is 13.2 Å². The van der Waals surface area contributed by atoms with Crippen LogP contribution in [0.5, 0.6) is 5.75 Å². The van der Waals surface area contributed by atoms with Crippen molar-refractivity contribution in [2.75, 3.05) is 26.9 Å². The Hall–Kier alpha value is -1.66. The fourth-order valence-electron chi connectivity index (χ4n) is 1.86. The summed E-state index contributed by atoms with van der Waals surface area (Å²) >= 11 is 0. The molecular formula is C15H21FN2O3. The number of carbonyl (C=O) groups excluding carboxylic acids is 1. The van der Waals surface area contributed by atoms with E-state index in [2.05, 4.69) is 10.6 Å². The second-order valence-corrected chi connectivity index (χ2v) is 5.04. The number of nitrogens with one attached hydrogen (secondary N) is 2. The lowest BCUT2D eigenvalue weighted by Gasteiger charge is -2.12. The lowest BCUT2D eigenvalue weighted by Crippen LogP contribution is -2.31. The van der Waals surface area contributed by atoms with Gasteiger partial charge in [-0.3, -0.25) is 4.79 Å². The molecule has 0 aromatic heterocycles. The van der Waals surface area contributed by atoms with Crippen LogP contribution in [0, 0.1) is 5.82 Å². The van der Waals surface area contributed by atoms with Crippen molar-refractivity contribution in [3.8, 4) is 5.75 Å². The molecule has 0 spiro atoms. The SMILES string of the molecule is COCCNC(=O)COc1ccc(F)cc1CNC1CC1. The van der Waals surface area contributed by atoms with Crippen LogP contribution in [-0.2, 0) is 16.1 Å². The highest BCUT2D eigenvalue weighted by Gasteiger charge is 2.20. The summed E-state index contributed by atoms with van der Waals surface area (Å²) in [6.45, 7) is 1.35. The highest BCUT2D eigenvalue weighted by Crippen LogP contribution is 2.23. The lowest BCUT2D eigenvalue weighted by atomic mass is 10.2. The second-order valence-electron chi connectivity index (χ2n) is 5.04. The molecule has 21 heavy (non-hydrogen) atoms. The summed E-state index contributed by atoms with van der Waals surface area (Å²) in [7, 11) is 1.57.